The number of nitrogens with one attached hydrogen (secondary N) is 1. The Morgan fingerprint density at radius 1 is 1.57 bits per heavy atom. The van der Waals surface area contributed by atoms with Crippen LogP contribution in [-0.4, -0.2) is 41.5 Å². The first-order chi connectivity index (χ1) is 10.0. The number of amides is 1. The van der Waals surface area contributed by atoms with E-state index >= 15 is 0 Å². The van der Waals surface area contributed by atoms with E-state index in [4.69, 9.17) is 5.11 Å². The van der Waals surface area contributed by atoms with Crippen molar-refractivity contribution in [2.75, 3.05) is 19.6 Å². The SMILES string of the molecule is CC(NC(=O)CN1CCCC(CC(=O)O)C1)c1cccs1. The molecule has 1 fully saturated rings. The van der Waals surface area contributed by atoms with Crippen molar-refractivity contribution in [2.24, 2.45) is 5.92 Å². The summed E-state index contributed by atoms with van der Waals surface area (Å²) in [5, 5.41) is 13.9. The largest absolute Gasteiger partial charge is 0.481 e. The fourth-order valence-electron chi connectivity index (χ4n) is 2.81. The normalized spacial score (nSPS) is 20.9. The Labute approximate surface area is 129 Å². The van der Waals surface area contributed by atoms with Gasteiger partial charge >= 0.3 is 5.97 Å². The van der Waals surface area contributed by atoms with Crippen LogP contribution in [0.2, 0.25) is 0 Å². The fraction of sp³-hybridized carbons (Fsp3) is 0.600. The summed E-state index contributed by atoms with van der Waals surface area (Å²) in [6.45, 7) is 3.91. The molecule has 1 aromatic rings. The Hall–Kier alpha value is -1.40. The lowest BCUT2D eigenvalue weighted by atomic mass is 9.95. The summed E-state index contributed by atoms with van der Waals surface area (Å²) in [7, 11) is 0. The van der Waals surface area contributed by atoms with Crippen LogP contribution in [0.25, 0.3) is 0 Å². The Morgan fingerprint density at radius 3 is 3.05 bits per heavy atom. The summed E-state index contributed by atoms with van der Waals surface area (Å²) in [6.07, 6.45) is 2.10. The number of nitrogens with zero attached hydrogens (tertiary/aromatic N) is 1. The monoisotopic (exact) mass is 310 g/mol. The number of carboxylic acid groups (broad SMARTS) is 1. The van der Waals surface area contributed by atoms with Gasteiger partial charge in [-0.2, -0.15) is 0 Å². The van der Waals surface area contributed by atoms with Crippen LogP contribution in [-0.2, 0) is 9.59 Å². The first kappa shape index (κ1) is 16.0. The number of hydrogen-bond acceptors (Lipinski definition) is 4. The molecule has 116 valence electrons. The third-order valence-corrected chi connectivity index (χ3v) is 4.84. The molecule has 1 saturated heterocycles. The van der Waals surface area contributed by atoms with Gasteiger partial charge in [-0.05, 0) is 43.7 Å². The minimum Gasteiger partial charge on any atom is -0.481 e. The lowest BCUT2D eigenvalue weighted by molar-refractivity contribution is -0.138. The molecule has 0 saturated carbocycles. The van der Waals surface area contributed by atoms with Gasteiger partial charge < -0.3 is 10.4 Å². The maximum atomic E-state index is 12.1. The molecule has 1 aliphatic heterocycles. The van der Waals surface area contributed by atoms with Crippen molar-refractivity contribution in [3.8, 4) is 0 Å². The van der Waals surface area contributed by atoms with Crippen LogP contribution in [0.3, 0.4) is 0 Å². The quantitative estimate of drug-likeness (QED) is 0.844. The van der Waals surface area contributed by atoms with E-state index in [1.54, 1.807) is 11.3 Å². The standard InChI is InChI=1S/C15H22N2O3S/c1-11(13-5-3-7-21-13)16-14(18)10-17-6-2-4-12(9-17)8-15(19)20/h3,5,7,11-12H,2,4,6,8-10H2,1H3,(H,16,18)(H,19,20). The molecule has 1 aliphatic rings. The van der Waals surface area contributed by atoms with E-state index in [1.165, 1.54) is 0 Å². The minimum absolute atomic E-state index is 0.00637. The molecule has 2 rings (SSSR count). The number of hydrogen-bond donors (Lipinski definition) is 2. The van der Waals surface area contributed by atoms with Crippen molar-refractivity contribution in [1.29, 1.82) is 0 Å². The molecule has 6 heteroatoms. The Morgan fingerprint density at radius 2 is 2.38 bits per heavy atom. The lowest BCUT2D eigenvalue weighted by Crippen LogP contribution is -2.43. The Kier molecular flexibility index (Phi) is 5.76. The zero-order valence-electron chi connectivity index (χ0n) is 12.2. The average molecular weight is 310 g/mol. The van der Waals surface area contributed by atoms with Crippen molar-refractivity contribution in [3.05, 3.63) is 22.4 Å². The molecule has 0 aliphatic carbocycles. The predicted octanol–water partition coefficient (Wildman–Crippen LogP) is 2.11. The van der Waals surface area contributed by atoms with E-state index in [2.05, 4.69) is 10.2 Å². The lowest BCUT2D eigenvalue weighted by Gasteiger charge is -2.31. The van der Waals surface area contributed by atoms with Gasteiger partial charge in [-0.25, -0.2) is 0 Å². The Balaban J connectivity index is 1.78. The number of carbonyl (C=O) groups excluding carboxylic acids is 1. The van der Waals surface area contributed by atoms with Gasteiger partial charge in [0.25, 0.3) is 0 Å². The van der Waals surface area contributed by atoms with Gasteiger partial charge in [0, 0.05) is 17.8 Å². The van der Waals surface area contributed by atoms with Crippen molar-refractivity contribution in [3.63, 3.8) is 0 Å². The topological polar surface area (TPSA) is 69.6 Å². The highest BCUT2D eigenvalue weighted by Crippen LogP contribution is 2.20. The maximum Gasteiger partial charge on any atom is 0.303 e. The molecule has 0 radical (unpaired) electrons. The van der Waals surface area contributed by atoms with Gasteiger partial charge in [-0.3, -0.25) is 14.5 Å². The van der Waals surface area contributed by atoms with Crippen molar-refractivity contribution in [1.82, 2.24) is 10.2 Å². The second-order valence-corrected chi connectivity index (χ2v) is 6.63. The molecular formula is C15H22N2O3S. The highest BCUT2D eigenvalue weighted by Gasteiger charge is 2.23. The van der Waals surface area contributed by atoms with E-state index in [-0.39, 0.29) is 24.3 Å². The fourth-order valence-corrected chi connectivity index (χ4v) is 3.54. The van der Waals surface area contributed by atoms with Crippen LogP contribution in [0, 0.1) is 5.92 Å². The van der Waals surface area contributed by atoms with Gasteiger partial charge in [0.15, 0.2) is 0 Å². The number of aliphatic carboxylic acids is 1. The smallest absolute Gasteiger partial charge is 0.303 e. The summed E-state index contributed by atoms with van der Waals surface area (Å²) in [4.78, 5) is 26.1. The molecule has 21 heavy (non-hydrogen) atoms. The average Bonchev–Trinajstić information content (AvgIpc) is 2.91. The van der Waals surface area contributed by atoms with Crippen LogP contribution in [0.5, 0.6) is 0 Å². The summed E-state index contributed by atoms with van der Waals surface area (Å²) in [5.41, 5.74) is 0. The first-order valence-electron chi connectivity index (χ1n) is 7.31. The Bertz CT molecular complexity index is 475. The van der Waals surface area contributed by atoms with Gasteiger partial charge in [0.05, 0.1) is 12.6 Å². The van der Waals surface area contributed by atoms with Crippen molar-refractivity contribution < 1.29 is 14.7 Å². The van der Waals surface area contributed by atoms with Gasteiger partial charge in [0.2, 0.25) is 5.91 Å². The molecule has 0 aromatic carbocycles. The van der Waals surface area contributed by atoms with Gasteiger partial charge in [-0.1, -0.05) is 6.07 Å². The van der Waals surface area contributed by atoms with Crippen LogP contribution >= 0.6 is 11.3 Å². The van der Waals surface area contributed by atoms with Crippen molar-refractivity contribution in [2.45, 2.75) is 32.2 Å². The molecule has 1 amide bonds. The van der Waals surface area contributed by atoms with E-state index in [0.29, 0.717) is 13.1 Å². The van der Waals surface area contributed by atoms with E-state index in [9.17, 15) is 9.59 Å². The molecule has 2 atom stereocenters. The molecule has 5 nitrogen and oxygen atoms in total. The molecule has 2 heterocycles. The number of carbonyl (C=O) groups is 2. The molecule has 0 spiro atoms. The van der Waals surface area contributed by atoms with Crippen LogP contribution in [0.15, 0.2) is 17.5 Å². The van der Waals surface area contributed by atoms with E-state index in [0.717, 1.165) is 24.3 Å². The van der Waals surface area contributed by atoms with Crippen molar-refractivity contribution >= 4 is 23.2 Å². The number of rotatable bonds is 6. The molecule has 2 N–H and O–H groups in total. The third kappa shape index (κ3) is 5.13. The number of likely N-dealkylation sites (tertiary alicyclic amines) is 1. The highest BCUT2D eigenvalue weighted by molar-refractivity contribution is 7.10. The number of piperidine rings is 1. The number of carboxylic acids is 1. The summed E-state index contributed by atoms with van der Waals surface area (Å²) >= 11 is 1.63. The number of thiophene rings is 1. The second kappa shape index (κ2) is 7.56. The van der Waals surface area contributed by atoms with Gasteiger partial charge in [0.1, 0.15) is 0 Å². The van der Waals surface area contributed by atoms with E-state index < -0.39 is 5.97 Å². The summed E-state index contributed by atoms with van der Waals surface area (Å²) in [6, 6.07) is 4.01. The molecule has 0 bridgehead atoms. The zero-order chi connectivity index (χ0) is 15.2. The highest BCUT2D eigenvalue weighted by atomic mass is 32.1. The summed E-state index contributed by atoms with van der Waals surface area (Å²) in [5.74, 6) is -0.580. The zero-order valence-corrected chi connectivity index (χ0v) is 13.1. The molecule has 2 unspecified atom stereocenters. The summed E-state index contributed by atoms with van der Waals surface area (Å²) < 4.78 is 0. The maximum absolute atomic E-state index is 12.1. The molecular weight excluding hydrogens is 288 g/mol. The molecule has 1 aromatic heterocycles. The predicted molar refractivity (Wildman–Crippen MR) is 82.3 cm³/mol. The van der Waals surface area contributed by atoms with Crippen LogP contribution in [0.4, 0.5) is 0 Å². The van der Waals surface area contributed by atoms with Gasteiger partial charge in [-0.15, -0.1) is 11.3 Å². The van der Waals surface area contributed by atoms with Crippen LogP contribution < -0.4 is 5.32 Å². The van der Waals surface area contributed by atoms with E-state index in [1.807, 2.05) is 24.4 Å². The van der Waals surface area contributed by atoms with Crippen LogP contribution in [0.1, 0.15) is 37.1 Å². The minimum atomic E-state index is -0.752. The third-order valence-electron chi connectivity index (χ3n) is 3.78. The first-order valence-corrected chi connectivity index (χ1v) is 8.19. The second-order valence-electron chi connectivity index (χ2n) is 5.65.